The van der Waals surface area contributed by atoms with E-state index in [1.54, 1.807) is 41.1 Å². The molecule has 39 heavy (non-hydrogen) atoms. The highest BCUT2D eigenvalue weighted by Gasteiger charge is 2.33. The summed E-state index contributed by atoms with van der Waals surface area (Å²) >= 11 is 0. The van der Waals surface area contributed by atoms with Crippen molar-refractivity contribution in [2.24, 2.45) is 5.92 Å². The van der Waals surface area contributed by atoms with E-state index in [0.717, 1.165) is 31.2 Å². The standard InChI is InChI=1S/C31H30N4O3S/c1-34-26-13-7-8-14-28(26)39(37,38)29-16-15-24(20-27(29)34)25(19-22-9-5-6-10-22)31(36)32-30-17-18-35(33-30)21-23-11-3-2-4-12-23/h2-4,7-8,11-20,22H,5-6,9-10,21H2,1H3,(H,32,33,36)/b25-19+. The van der Waals surface area contributed by atoms with Crippen LogP contribution in [-0.4, -0.2) is 31.2 Å². The molecule has 0 saturated heterocycles. The van der Waals surface area contributed by atoms with Gasteiger partial charge in [0.25, 0.3) is 5.91 Å². The van der Waals surface area contributed by atoms with Crippen molar-refractivity contribution in [3.8, 4) is 0 Å². The molecule has 2 aliphatic rings. The zero-order chi connectivity index (χ0) is 27.0. The summed E-state index contributed by atoms with van der Waals surface area (Å²) in [5, 5.41) is 7.52. The zero-order valence-corrected chi connectivity index (χ0v) is 22.6. The van der Waals surface area contributed by atoms with Crippen molar-refractivity contribution >= 4 is 38.5 Å². The summed E-state index contributed by atoms with van der Waals surface area (Å²) in [4.78, 5) is 16.1. The third-order valence-electron chi connectivity index (χ3n) is 7.55. The monoisotopic (exact) mass is 538 g/mol. The number of hydrogen-bond acceptors (Lipinski definition) is 5. The van der Waals surface area contributed by atoms with Crippen LogP contribution in [0.25, 0.3) is 5.57 Å². The van der Waals surface area contributed by atoms with Crippen molar-refractivity contribution in [1.29, 1.82) is 0 Å². The minimum atomic E-state index is -3.67. The fourth-order valence-electron chi connectivity index (χ4n) is 5.52. The van der Waals surface area contributed by atoms with E-state index in [2.05, 4.69) is 16.5 Å². The first-order chi connectivity index (χ1) is 18.9. The van der Waals surface area contributed by atoms with Crippen LogP contribution in [0.3, 0.4) is 0 Å². The van der Waals surface area contributed by atoms with Gasteiger partial charge in [-0.05, 0) is 54.2 Å². The van der Waals surface area contributed by atoms with E-state index in [1.165, 1.54) is 0 Å². The molecule has 0 radical (unpaired) electrons. The number of nitrogens with zero attached hydrogens (tertiary/aromatic N) is 3. The molecule has 0 atom stereocenters. The van der Waals surface area contributed by atoms with Gasteiger partial charge < -0.3 is 10.2 Å². The number of carbonyl (C=O) groups excluding carboxylic acids is 1. The maximum absolute atomic E-state index is 13.7. The molecule has 1 fully saturated rings. The zero-order valence-electron chi connectivity index (χ0n) is 21.7. The molecule has 198 valence electrons. The largest absolute Gasteiger partial charge is 0.342 e. The highest BCUT2D eigenvalue weighted by atomic mass is 32.2. The first kappa shape index (κ1) is 25.1. The van der Waals surface area contributed by atoms with Gasteiger partial charge in [-0.25, -0.2) is 8.42 Å². The Labute approximate surface area is 228 Å². The van der Waals surface area contributed by atoms with E-state index in [-0.39, 0.29) is 10.8 Å². The Morgan fingerprint density at radius 1 is 0.949 bits per heavy atom. The van der Waals surface area contributed by atoms with Crippen LogP contribution in [-0.2, 0) is 21.2 Å². The maximum Gasteiger partial charge on any atom is 0.257 e. The second kappa shape index (κ2) is 10.2. The second-order valence-corrected chi connectivity index (χ2v) is 12.1. The molecule has 1 amide bonds. The van der Waals surface area contributed by atoms with Gasteiger partial charge in [-0.2, -0.15) is 5.10 Å². The summed E-state index contributed by atoms with van der Waals surface area (Å²) in [6.45, 7) is 0.606. The number of anilines is 3. The van der Waals surface area contributed by atoms with E-state index in [4.69, 9.17) is 0 Å². The van der Waals surface area contributed by atoms with E-state index in [1.807, 2.05) is 60.6 Å². The summed E-state index contributed by atoms with van der Waals surface area (Å²) in [7, 11) is -1.81. The molecule has 1 aromatic heterocycles. The molecule has 0 bridgehead atoms. The molecule has 1 aliphatic carbocycles. The minimum absolute atomic E-state index is 0.243. The Hall–Kier alpha value is -4.17. The van der Waals surface area contributed by atoms with Gasteiger partial charge in [0.2, 0.25) is 9.84 Å². The Morgan fingerprint density at radius 2 is 1.67 bits per heavy atom. The van der Waals surface area contributed by atoms with E-state index >= 15 is 0 Å². The van der Waals surface area contributed by atoms with Crippen LogP contribution in [0.4, 0.5) is 17.2 Å². The Morgan fingerprint density at radius 3 is 2.46 bits per heavy atom. The van der Waals surface area contributed by atoms with E-state index in [9.17, 15) is 13.2 Å². The van der Waals surface area contributed by atoms with Crippen LogP contribution in [0.1, 0.15) is 36.8 Å². The lowest BCUT2D eigenvalue weighted by molar-refractivity contribution is -0.111. The molecule has 3 aromatic carbocycles. The number of allylic oxidation sites excluding steroid dienone is 1. The molecule has 7 nitrogen and oxygen atoms in total. The van der Waals surface area contributed by atoms with Crippen LogP contribution in [0.2, 0.25) is 0 Å². The molecule has 1 aliphatic heterocycles. The van der Waals surface area contributed by atoms with Gasteiger partial charge in [0, 0.05) is 24.9 Å². The molecule has 0 spiro atoms. The van der Waals surface area contributed by atoms with Crippen LogP contribution >= 0.6 is 0 Å². The van der Waals surface area contributed by atoms with Gasteiger partial charge >= 0.3 is 0 Å². The topological polar surface area (TPSA) is 84.3 Å². The smallest absolute Gasteiger partial charge is 0.257 e. The fraction of sp³-hybridized carbons (Fsp3) is 0.226. The summed E-state index contributed by atoms with van der Waals surface area (Å²) in [6.07, 6.45) is 8.25. The summed E-state index contributed by atoms with van der Waals surface area (Å²) in [5.74, 6) is 0.521. The molecule has 8 heteroatoms. The van der Waals surface area contributed by atoms with Gasteiger partial charge in [0.1, 0.15) is 0 Å². The SMILES string of the molecule is CN1c2ccccc2S(=O)(=O)c2ccc(/C(=C\C3CCCC3)C(=O)Nc3ccn(Cc4ccccc4)n3)cc21. The number of amides is 1. The second-order valence-electron chi connectivity index (χ2n) is 10.2. The third kappa shape index (κ3) is 4.88. The predicted octanol–water partition coefficient (Wildman–Crippen LogP) is 6.06. The van der Waals surface area contributed by atoms with Crippen molar-refractivity contribution in [3.63, 3.8) is 0 Å². The molecule has 1 saturated carbocycles. The van der Waals surface area contributed by atoms with Gasteiger partial charge in [-0.3, -0.25) is 9.48 Å². The molecule has 6 rings (SSSR count). The van der Waals surface area contributed by atoms with Crippen LogP contribution < -0.4 is 10.2 Å². The highest BCUT2D eigenvalue weighted by Crippen LogP contribution is 2.44. The first-order valence-corrected chi connectivity index (χ1v) is 14.7. The number of hydrogen-bond donors (Lipinski definition) is 1. The van der Waals surface area contributed by atoms with Crippen LogP contribution in [0.5, 0.6) is 0 Å². The molecule has 0 unspecified atom stereocenters. The van der Waals surface area contributed by atoms with E-state index < -0.39 is 9.84 Å². The third-order valence-corrected chi connectivity index (χ3v) is 9.40. The lowest BCUT2D eigenvalue weighted by Crippen LogP contribution is -2.23. The summed E-state index contributed by atoms with van der Waals surface area (Å²) < 4.78 is 28.5. The van der Waals surface area contributed by atoms with Gasteiger partial charge in [0.05, 0.1) is 27.7 Å². The number of fused-ring (bicyclic) bond motifs is 2. The van der Waals surface area contributed by atoms with Crippen LogP contribution in [0, 0.1) is 5.92 Å². The molecular formula is C31H30N4O3S. The van der Waals surface area contributed by atoms with Crippen molar-refractivity contribution < 1.29 is 13.2 Å². The lowest BCUT2D eigenvalue weighted by Gasteiger charge is -2.30. The van der Waals surface area contributed by atoms with Gasteiger partial charge in [-0.15, -0.1) is 0 Å². The van der Waals surface area contributed by atoms with Gasteiger partial charge in [-0.1, -0.05) is 67.4 Å². The number of benzene rings is 3. The number of aromatic nitrogens is 2. The summed E-state index contributed by atoms with van der Waals surface area (Å²) in [6, 6.07) is 24.0. The maximum atomic E-state index is 13.7. The number of para-hydroxylation sites is 1. The Bertz CT molecular complexity index is 1670. The van der Waals surface area contributed by atoms with Crippen LogP contribution in [0.15, 0.2) is 101 Å². The van der Waals surface area contributed by atoms with Crippen molar-refractivity contribution in [2.75, 3.05) is 17.3 Å². The summed E-state index contributed by atoms with van der Waals surface area (Å²) in [5.41, 5.74) is 3.52. The molecule has 4 aromatic rings. The minimum Gasteiger partial charge on any atom is -0.342 e. The Kier molecular flexibility index (Phi) is 6.56. The molecule has 1 N–H and O–H groups in total. The Balaban J connectivity index is 1.32. The number of rotatable bonds is 6. The normalized spacial score (nSPS) is 16.5. The highest BCUT2D eigenvalue weighted by molar-refractivity contribution is 7.92. The van der Waals surface area contributed by atoms with Crippen molar-refractivity contribution in [3.05, 3.63) is 102 Å². The molecule has 2 heterocycles. The average Bonchev–Trinajstić information content (AvgIpc) is 3.63. The first-order valence-electron chi connectivity index (χ1n) is 13.2. The molecular weight excluding hydrogens is 508 g/mol. The van der Waals surface area contributed by atoms with Crippen molar-refractivity contribution in [2.45, 2.75) is 42.0 Å². The van der Waals surface area contributed by atoms with Gasteiger partial charge in [0.15, 0.2) is 5.82 Å². The number of sulfone groups is 1. The number of nitrogens with one attached hydrogen (secondary N) is 1. The predicted molar refractivity (Wildman–Crippen MR) is 153 cm³/mol. The lowest BCUT2D eigenvalue weighted by atomic mass is 9.97. The van der Waals surface area contributed by atoms with Crippen molar-refractivity contribution in [1.82, 2.24) is 9.78 Å². The van der Waals surface area contributed by atoms with E-state index in [0.29, 0.717) is 45.7 Å². The average molecular weight is 539 g/mol. The fourth-order valence-corrected chi connectivity index (χ4v) is 7.21. The quantitative estimate of drug-likeness (QED) is 0.302. The number of carbonyl (C=O) groups is 1.